The number of benzene rings is 1. The lowest BCUT2D eigenvalue weighted by molar-refractivity contribution is 0.0497. The fourth-order valence-corrected chi connectivity index (χ4v) is 3.69. The number of fused-ring (bicyclic) bond motifs is 1. The summed E-state index contributed by atoms with van der Waals surface area (Å²) in [5.74, 6) is 1.38. The molecule has 0 N–H and O–H groups in total. The zero-order valence-corrected chi connectivity index (χ0v) is 19.2. The maximum absolute atomic E-state index is 12.5. The number of hydrogen-bond donors (Lipinski definition) is 0. The molecule has 1 aromatic carbocycles. The van der Waals surface area contributed by atoms with Gasteiger partial charge in [-0.3, -0.25) is 9.30 Å². The molecule has 4 rings (SSSR count). The summed E-state index contributed by atoms with van der Waals surface area (Å²) in [7, 11) is 1.70. The van der Waals surface area contributed by atoms with Crippen molar-refractivity contribution in [3.63, 3.8) is 0 Å². The van der Waals surface area contributed by atoms with Gasteiger partial charge >= 0.3 is 6.09 Å². The van der Waals surface area contributed by atoms with Crippen LogP contribution in [0.1, 0.15) is 33.6 Å². The Labute approximate surface area is 188 Å². The van der Waals surface area contributed by atoms with Gasteiger partial charge in [-0.25, -0.2) is 9.78 Å². The van der Waals surface area contributed by atoms with Crippen molar-refractivity contribution in [2.24, 2.45) is 5.92 Å². The molecule has 0 spiro atoms. The van der Waals surface area contributed by atoms with Gasteiger partial charge in [0, 0.05) is 32.0 Å². The van der Waals surface area contributed by atoms with E-state index < -0.39 is 11.7 Å². The number of anilines is 1. The number of hydrogen-bond acceptors (Lipinski definition) is 5. The lowest BCUT2D eigenvalue weighted by Gasteiger charge is -2.24. The molecule has 0 saturated carbocycles. The number of imidazole rings is 1. The molecule has 1 amide bonds. The van der Waals surface area contributed by atoms with Gasteiger partial charge in [0.15, 0.2) is 0 Å². The molecule has 3 heterocycles. The Morgan fingerprint density at radius 3 is 2.75 bits per heavy atom. The molecule has 1 fully saturated rings. The van der Waals surface area contributed by atoms with Crippen LogP contribution in [0.3, 0.4) is 0 Å². The largest absolute Gasteiger partial charge is 0.493 e. The van der Waals surface area contributed by atoms with Crippen LogP contribution in [0.4, 0.5) is 10.5 Å². The second-order valence-electron chi connectivity index (χ2n) is 9.19. The highest BCUT2D eigenvalue weighted by atomic mass is 16.6. The topological polar surface area (TPSA) is 65.3 Å². The molecule has 32 heavy (non-hydrogen) atoms. The van der Waals surface area contributed by atoms with E-state index in [-0.39, 0.29) is 0 Å². The van der Waals surface area contributed by atoms with Crippen LogP contribution in [0.15, 0.2) is 48.8 Å². The Hall–Kier alpha value is -3.06. The quantitative estimate of drug-likeness (QED) is 0.550. The minimum absolute atomic E-state index is 0.401. The van der Waals surface area contributed by atoms with Gasteiger partial charge in [-0.15, -0.1) is 0 Å². The SMILES string of the molecule is CN(C(=O)OC(C)(C)C)c1ccc2ncc(-c3cccc(OCC4CCOCC4)c3)n2c1. The van der Waals surface area contributed by atoms with Crippen molar-refractivity contribution in [2.75, 3.05) is 31.8 Å². The first-order valence-electron chi connectivity index (χ1n) is 11.0. The predicted octanol–water partition coefficient (Wildman–Crippen LogP) is 5.18. The summed E-state index contributed by atoms with van der Waals surface area (Å²) in [6.45, 7) is 7.89. The van der Waals surface area contributed by atoms with Crippen molar-refractivity contribution in [1.82, 2.24) is 9.38 Å². The van der Waals surface area contributed by atoms with Gasteiger partial charge in [-0.05, 0) is 63.8 Å². The number of pyridine rings is 1. The summed E-state index contributed by atoms with van der Waals surface area (Å²) < 4.78 is 19.0. The van der Waals surface area contributed by atoms with Crippen LogP contribution in [-0.4, -0.2) is 47.9 Å². The van der Waals surface area contributed by atoms with Crippen LogP contribution in [0.5, 0.6) is 5.75 Å². The zero-order chi connectivity index (χ0) is 22.7. The van der Waals surface area contributed by atoms with Gasteiger partial charge in [0.25, 0.3) is 0 Å². The van der Waals surface area contributed by atoms with Crippen molar-refractivity contribution >= 4 is 17.4 Å². The third-order valence-corrected chi connectivity index (χ3v) is 5.50. The first kappa shape index (κ1) is 22.1. The molecule has 0 atom stereocenters. The summed E-state index contributed by atoms with van der Waals surface area (Å²) in [4.78, 5) is 18.5. The lowest BCUT2D eigenvalue weighted by atomic mass is 10.0. The van der Waals surface area contributed by atoms with E-state index in [1.54, 1.807) is 7.05 Å². The second-order valence-corrected chi connectivity index (χ2v) is 9.19. The Bertz CT molecular complexity index is 1080. The number of amides is 1. The summed E-state index contributed by atoms with van der Waals surface area (Å²) in [5, 5.41) is 0. The molecule has 3 aromatic rings. The van der Waals surface area contributed by atoms with Gasteiger partial charge in [0.05, 0.1) is 24.2 Å². The molecule has 170 valence electrons. The first-order chi connectivity index (χ1) is 15.3. The summed E-state index contributed by atoms with van der Waals surface area (Å²) in [6, 6.07) is 11.8. The minimum atomic E-state index is -0.555. The van der Waals surface area contributed by atoms with Crippen molar-refractivity contribution in [2.45, 2.75) is 39.2 Å². The van der Waals surface area contributed by atoms with Gasteiger partial charge in [-0.2, -0.15) is 0 Å². The Morgan fingerprint density at radius 1 is 1.22 bits per heavy atom. The predicted molar refractivity (Wildman–Crippen MR) is 124 cm³/mol. The molecule has 2 aromatic heterocycles. The van der Waals surface area contributed by atoms with Crippen LogP contribution in [-0.2, 0) is 9.47 Å². The van der Waals surface area contributed by atoms with E-state index in [9.17, 15) is 4.79 Å². The van der Waals surface area contributed by atoms with E-state index >= 15 is 0 Å². The number of carbonyl (C=O) groups is 1. The third-order valence-electron chi connectivity index (χ3n) is 5.50. The van der Waals surface area contributed by atoms with Gasteiger partial charge in [0.1, 0.15) is 17.0 Å². The number of carbonyl (C=O) groups excluding carboxylic acids is 1. The van der Waals surface area contributed by atoms with Gasteiger partial charge < -0.3 is 14.2 Å². The third kappa shape index (κ3) is 5.22. The van der Waals surface area contributed by atoms with Gasteiger partial charge in [0.2, 0.25) is 0 Å². The average Bonchev–Trinajstić information content (AvgIpc) is 3.20. The number of rotatable bonds is 5. The zero-order valence-electron chi connectivity index (χ0n) is 19.2. The maximum Gasteiger partial charge on any atom is 0.414 e. The van der Waals surface area contributed by atoms with Crippen LogP contribution in [0, 0.1) is 5.92 Å². The summed E-state index contributed by atoms with van der Waals surface area (Å²) in [5.41, 5.74) is 2.89. The Kier molecular flexibility index (Phi) is 6.37. The molecule has 0 bridgehead atoms. The van der Waals surface area contributed by atoms with Gasteiger partial charge in [-0.1, -0.05) is 12.1 Å². The van der Waals surface area contributed by atoms with Crippen molar-refractivity contribution in [3.8, 4) is 17.0 Å². The molecule has 7 heteroatoms. The van der Waals surface area contributed by atoms with E-state index in [4.69, 9.17) is 14.2 Å². The maximum atomic E-state index is 12.5. The number of nitrogens with zero attached hydrogens (tertiary/aromatic N) is 3. The summed E-state index contributed by atoms with van der Waals surface area (Å²) in [6.07, 6.45) is 5.42. The monoisotopic (exact) mass is 437 g/mol. The van der Waals surface area contributed by atoms with Crippen molar-refractivity contribution in [1.29, 1.82) is 0 Å². The molecule has 7 nitrogen and oxygen atoms in total. The van der Waals surface area contributed by atoms with Crippen LogP contribution >= 0.6 is 0 Å². The first-order valence-corrected chi connectivity index (χ1v) is 11.0. The smallest absolute Gasteiger partial charge is 0.414 e. The fourth-order valence-electron chi connectivity index (χ4n) is 3.69. The molecule has 0 aliphatic carbocycles. The minimum Gasteiger partial charge on any atom is -0.493 e. The Balaban J connectivity index is 1.55. The molecule has 0 unspecified atom stereocenters. The van der Waals surface area contributed by atoms with E-state index in [0.717, 1.165) is 54.4 Å². The Morgan fingerprint density at radius 2 is 2.00 bits per heavy atom. The molecular weight excluding hydrogens is 406 g/mol. The average molecular weight is 438 g/mol. The van der Waals surface area contributed by atoms with Crippen molar-refractivity contribution < 1.29 is 19.0 Å². The molecule has 1 aliphatic heterocycles. The highest BCUT2D eigenvalue weighted by Gasteiger charge is 2.21. The van der Waals surface area contributed by atoms with Crippen LogP contribution < -0.4 is 9.64 Å². The molecule has 1 saturated heterocycles. The number of aromatic nitrogens is 2. The van der Waals surface area contributed by atoms with E-state index in [1.165, 1.54) is 4.90 Å². The summed E-state index contributed by atoms with van der Waals surface area (Å²) >= 11 is 0. The standard InChI is InChI=1S/C25H31N3O4/c1-25(2,3)32-24(29)27(4)20-8-9-23-26-15-22(28(23)16-20)19-6-5-7-21(14-19)31-17-18-10-12-30-13-11-18/h5-9,14-16,18H,10-13,17H2,1-4H3. The molecule has 0 radical (unpaired) electrons. The van der Waals surface area contributed by atoms with E-state index in [1.807, 2.05) is 74.0 Å². The van der Waals surface area contributed by atoms with Crippen molar-refractivity contribution in [3.05, 3.63) is 48.8 Å². The second kappa shape index (κ2) is 9.20. The fraction of sp³-hybridized carbons (Fsp3) is 0.440. The normalized spacial score (nSPS) is 15.0. The van der Waals surface area contributed by atoms with E-state index in [2.05, 4.69) is 4.98 Å². The van der Waals surface area contributed by atoms with Crippen LogP contribution in [0.25, 0.3) is 16.9 Å². The molecule has 1 aliphatic rings. The lowest BCUT2D eigenvalue weighted by Crippen LogP contribution is -2.34. The highest BCUT2D eigenvalue weighted by Crippen LogP contribution is 2.27. The van der Waals surface area contributed by atoms with Crippen LogP contribution in [0.2, 0.25) is 0 Å². The molecular formula is C25H31N3O4. The highest BCUT2D eigenvalue weighted by molar-refractivity contribution is 5.87. The van der Waals surface area contributed by atoms with E-state index in [0.29, 0.717) is 12.5 Å². The number of ether oxygens (including phenoxy) is 3.